The van der Waals surface area contributed by atoms with Crippen molar-refractivity contribution >= 4 is 39.1 Å². The van der Waals surface area contributed by atoms with Gasteiger partial charge in [-0.25, -0.2) is 0 Å². The van der Waals surface area contributed by atoms with Crippen LogP contribution in [0.3, 0.4) is 0 Å². The molecule has 0 amide bonds. The second-order valence-corrected chi connectivity index (χ2v) is 2.98. The maximum Gasteiger partial charge on any atom is 0.0899 e. The molecule has 0 atom stereocenters. The highest BCUT2D eigenvalue weighted by molar-refractivity contribution is 9.10. The van der Waals surface area contributed by atoms with Crippen molar-refractivity contribution < 1.29 is 0 Å². The van der Waals surface area contributed by atoms with Crippen LogP contribution in [0.5, 0.6) is 0 Å². The summed E-state index contributed by atoms with van der Waals surface area (Å²) in [6.07, 6.45) is 1.99. The SMILES string of the molecule is Brc1[nH]cc2ccccc12.Cl. The van der Waals surface area contributed by atoms with E-state index in [0.29, 0.717) is 0 Å². The summed E-state index contributed by atoms with van der Waals surface area (Å²) in [5.41, 5.74) is 0. The molecule has 0 aliphatic rings. The molecule has 1 nitrogen and oxygen atoms in total. The Hall–Kier alpha value is -0.470. The van der Waals surface area contributed by atoms with Gasteiger partial charge in [-0.2, -0.15) is 0 Å². The van der Waals surface area contributed by atoms with Crippen molar-refractivity contribution in [2.24, 2.45) is 0 Å². The normalized spacial score (nSPS) is 9.55. The number of hydrogen-bond acceptors (Lipinski definition) is 0. The molecule has 2 aromatic rings. The molecule has 0 saturated heterocycles. The number of aromatic amines is 1. The predicted octanol–water partition coefficient (Wildman–Crippen LogP) is 3.35. The minimum absolute atomic E-state index is 0. The lowest BCUT2D eigenvalue weighted by molar-refractivity contribution is 1.38. The van der Waals surface area contributed by atoms with Crippen molar-refractivity contribution in [1.29, 1.82) is 0 Å². The fraction of sp³-hybridized carbons (Fsp3) is 0. The van der Waals surface area contributed by atoms with Gasteiger partial charge in [0.15, 0.2) is 0 Å². The van der Waals surface area contributed by atoms with Crippen molar-refractivity contribution in [3.8, 4) is 0 Å². The van der Waals surface area contributed by atoms with Gasteiger partial charge in [-0.15, -0.1) is 12.4 Å². The number of fused-ring (bicyclic) bond motifs is 1. The Balaban J connectivity index is 0.000000605. The van der Waals surface area contributed by atoms with Crippen LogP contribution in [0.1, 0.15) is 0 Å². The summed E-state index contributed by atoms with van der Waals surface area (Å²) in [5.74, 6) is 0. The Morgan fingerprint density at radius 3 is 2.64 bits per heavy atom. The van der Waals surface area contributed by atoms with Crippen LogP contribution in [-0.2, 0) is 0 Å². The summed E-state index contributed by atoms with van der Waals surface area (Å²) in [7, 11) is 0. The summed E-state index contributed by atoms with van der Waals surface area (Å²) in [6.45, 7) is 0. The van der Waals surface area contributed by atoms with E-state index in [2.05, 4.69) is 33.0 Å². The van der Waals surface area contributed by atoms with Gasteiger partial charge in [-0.1, -0.05) is 24.3 Å². The second-order valence-electron chi connectivity index (χ2n) is 2.19. The summed E-state index contributed by atoms with van der Waals surface area (Å²) in [4.78, 5) is 3.09. The smallest absolute Gasteiger partial charge is 0.0899 e. The van der Waals surface area contributed by atoms with Crippen LogP contribution in [0.2, 0.25) is 0 Å². The molecule has 11 heavy (non-hydrogen) atoms. The molecule has 2 rings (SSSR count). The van der Waals surface area contributed by atoms with Crippen molar-refractivity contribution in [3.05, 3.63) is 35.1 Å². The zero-order valence-corrected chi connectivity index (χ0v) is 8.08. The largest absolute Gasteiger partial charge is 0.355 e. The molecule has 1 heterocycles. The lowest BCUT2D eigenvalue weighted by Crippen LogP contribution is -1.61. The van der Waals surface area contributed by atoms with Crippen molar-refractivity contribution in [3.63, 3.8) is 0 Å². The molecule has 0 unspecified atom stereocenters. The summed E-state index contributed by atoms with van der Waals surface area (Å²) >= 11 is 3.41. The monoisotopic (exact) mass is 231 g/mol. The molecule has 0 bridgehead atoms. The van der Waals surface area contributed by atoms with E-state index in [1.54, 1.807) is 0 Å². The molecule has 58 valence electrons. The first-order valence-electron chi connectivity index (χ1n) is 3.09. The number of aromatic nitrogens is 1. The first kappa shape index (κ1) is 8.62. The molecule has 1 N–H and O–H groups in total. The van der Waals surface area contributed by atoms with Gasteiger partial charge in [0.1, 0.15) is 0 Å². The number of halogens is 2. The first-order valence-corrected chi connectivity index (χ1v) is 3.89. The Bertz CT molecular complexity index is 356. The number of nitrogens with one attached hydrogen (secondary N) is 1. The van der Waals surface area contributed by atoms with Crippen molar-refractivity contribution in [2.75, 3.05) is 0 Å². The summed E-state index contributed by atoms with van der Waals surface area (Å²) in [5, 5.41) is 2.48. The van der Waals surface area contributed by atoms with E-state index in [1.807, 2.05) is 18.3 Å². The highest BCUT2D eigenvalue weighted by Gasteiger charge is 1.95. The molecule has 0 saturated carbocycles. The zero-order chi connectivity index (χ0) is 6.97. The molecular formula is C8H7BrClN. The van der Waals surface area contributed by atoms with Crippen LogP contribution < -0.4 is 0 Å². The Labute approximate surface area is 79.3 Å². The van der Waals surface area contributed by atoms with Gasteiger partial charge >= 0.3 is 0 Å². The summed E-state index contributed by atoms with van der Waals surface area (Å²) < 4.78 is 1.06. The lowest BCUT2D eigenvalue weighted by atomic mass is 10.2. The standard InChI is InChI=1S/C8H6BrN.ClH/c9-8-7-4-2-1-3-6(7)5-10-8;/h1-5,10H;1H. The minimum Gasteiger partial charge on any atom is -0.355 e. The Morgan fingerprint density at radius 1 is 1.18 bits per heavy atom. The van der Waals surface area contributed by atoms with Crippen molar-refractivity contribution in [1.82, 2.24) is 4.98 Å². The average molecular weight is 233 g/mol. The molecule has 0 spiro atoms. The summed E-state index contributed by atoms with van der Waals surface area (Å²) in [6, 6.07) is 8.22. The van der Waals surface area contributed by atoms with Crippen LogP contribution in [0.15, 0.2) is 35.1 Å². The van der Waals surface area contributed by atoms with Gasteiger partial charge in [-0.3, -0.25) is 0 Å². The van der Waals surface area contributed by atoms with E-state index < -0.39 is 0 Å². The van der Waals surface area contributed by atoms with Crippen LogP contribution >= 0.6 is 28.3 Å². The Morgan fingerprint density at radius 2 is 1.91 bits per heavy atom. The number of hydrogen-bond donors (Lipinski definition) is 1. The molecule has 1 aromatic carbocycles. The van der Waals surface area contributed by atoms with E-state index in [1.165, 1.54) is 10.8 Å². The average Bonchev–Trinajstić information content (AvgIpc) is 2.34. The van der Waals surface area contributed by atoms with Gasteiger partial charge < -0.3 is 4.98 Å². The van der Waals surface area contributed by atoms with Crippen LogP contribution in [-0.4, -0.2) is 4.98 Å². The fourth-order valence-electron chi connectivity index (χ4n) is 1.04. The van der Waals surface area contributed by atoms with Crippen LogP contribution in [0, 0.1) is 0 Å². The zero-order valence-electron chi connectivity index (χ0n) is 5.67. The minimum atomic E-state index is 0. The van der Waals surface area contributed by atoms with Gasteiger partial charge in [0.2, 0.25) is 0 Å². The molecule has 3 heteroatoms. The third kappa shape index (κ3) is 1.42. The van der Waals surface area contributed by atoms with E-state index in [9.17, 15) is 0 Å². The number of H-pyrrole nitrogens is 1. The molecule has 0 aliphatic carbocycles. The van der Waals surface area contributed by atoms with Gasteiger partial charge in [-0.05, 0) is 15.9 Å². The molecular weight excluding hydrogens is 225 g/mol. The van der Waals surface area contributed by atoms with E-state index in [-0.39, 0.29) is 12.4 Å². The highest BCUT2D eigenvalue weighted by atomic mass is 79.9. The first-order chi connectivity index (χ1) is 4.88. The maximum absolute atomic E-state index is 3.41. The Kier molecular flexibility index (Phi) is 2.58. The molecule has 0 aliphatic heterocycles. The van der Waals surface area contributed by atoms with Gasteiger partial charge in [0.25, 0.3) is 0 Å². The molecule has 0 fully saturated rings. The third-order valence-electron chi connectivity index (χ3n) is 1.55. The third-order valence-corrected chi connectivity index (χ3v) is 2.21. The van der Waals surface area contributed by atoms with Gasteiger partial charge in [0, 0.05) is 17.0 Å². The van der Waals surface area contributed by atoms with Gasteiger partial charge in [0.05, 0.1) is 4.60 Å². The van der Waals surface area contributed by atoms with E-state index >= 15 is 0 Å². The van der Waals surface area contributed by atoms with Crippen LogP contribution in [0.25, 0.3) is 10.8 Å². The quantitative estimate of drug-likeness (QED) is 0.717. The fourth-order valence-corrected chi connectivity index (χ4v) is 1.52. The number of benzene rings is 1. The van der Waals surface area contributed by atoms with Crippen molar-refractivity contribution in [2.45, 2.75) is 0 Å². The lowest BCUT2D eigenvalue weighted by Gasteiger charge is -1.85. The molecule has 1 aromatic heterocycles. The molecule has 0 radical (unpaired) electrons. The second kappa shape index (κ2) is 3.28. The van der Waals surface area contributed by atoms with E-state index in [4.69, 9.17) is 0 Å². The number of rotatable bonds is 0. The van der Waals surface area contributed by atoms with Crippen LogP contribution in [0.4, 0.5) is 0 Å². The maximum atomic E-state index is 3.41. The highest BCUT2D eigenvalue weighted by Crippen LogP contribution is 2.21. The van der Waals surface area contributed by atoms with E-state index in [0.717, 1.165) is 4.60 Å². The predicted molar refractivity (Wildman–Crippen MR) is 53.2 cm³/mol. The topological polar surface area (TPSA) is 15.8 Å².